The van der Waals surface area contributed by atoms with Gasteiger partial charge in [0, 0.05) is 12.5 Å². The molecule has 0 saturated carbocycles. The first-order valence-electron chi connectivity index (χ1n) is 10.1. The molecule has 1 rings (SSSR count). The average molecular weight is 349 g/mol. The van der Waals surface area contributed by atoms with E-state index in [1.807, 2.05) is 6.07 Å². The quantitative estimate of drug-likeness (QED) is 0.388. The summed E-state index contributed by atoms with van der Waals surface area (Å²) in [6, 6.07) is 3.64. The van der Waals surface area contributed by atoms with Crippen LogP contribution in [0.5, 0.6) is 5.88 Å². The fraction of sp³-hybridized carbons (Fsp3) is 0.714. The number of hydrogen-bond donors (Lipinski definition) is 1. The van der Waals surface area contributed by atoms with Gasteiger partial charge < -0.3 is 10.1 Å². The van der Waals surface area contributed by atoms with E-state index in [2.05, 4.69) is 24.1 Å². The molecule has 0 unspecified atom stereocenters. The summed E-state index contributed by atoms with van der Waals surface area (Å²) in [5, 5.41) is 2.90. The van der Waals surface area contributed by atoms with Gasteiger partial charge in [-0.2, -0.15) is 0 Å². The van der Waals surface area contributed by atoms with Gasteiger partial charge in [-0.15, -0.1) is 0 Å². The first-order chi connectivity index (χ1) is 12.3. The molecule has 4 heteroatoms. The number of pyridine rings is 1. The molecule has 1 N–H and O–H groups in total. The zero-order chi connectivity index (χ0) is 18.2. The minimum atomic E-state index is 0.0728. The molecule has 0 spiro atoms. The number of carbonyl (C=O) groups excluding carboxylic acids is 1. The highest BCUT2D eigenvalue weighted by atomic mass is 16.5. The molecule has 0 saturated heterocycles. The van der Waals surface area contributed by atoms with Crippen molar-refractivity contribution in [2.24, 2.45) is 0 Å². The van der Waals surface area contributed by atoms with Crippen LogP contribution in [0.2, 0.25) is 0 Å². The maximum atomic E-state index is 11.9. The standard InChI is InChI=1S/C21H36N2O2/c1-3-5-6-7-8-9-10-11-12-13-14-20(24)23-19-15-16-21(22-18-19)25-17-4-2/h15-16,18H,3-14,17H2,1-2H3,(H,23,24). The van der Waals surface area contributed by atoms with Gasteiger partial charge >= 0.3 is 0 Å². The molecule has 1 aromatic heterocycles. The first-order valence-corrected chi connectivity index (χ1v) is 10.1. The predicted octanol–water partition coefficient (Wildman–Crippen LogP) is 6.12. The fourth-order valence-electron chi connectivity index (χ4n) is 2.74. The van der Waals surface area contributed by atoms with Crippen LogP contribution in [0.3, 0.4) is 0 Å². The number of amides is 1. The highest BCUT2D eigenvalue weighted by Gasteiger charge is 2.03. The Labute approximate surface area is 153 Å². The molecule has 0 radical (unpaired) electrons. The number of rotatable bonds is 15. The van der Waals surface area contributed by atoms with E-state index in [1.165, 1.54) is 51.4 Å². The van der Waals surface area contributed by atoms with E-state index in [0.717, 1.165) is 24.9 Å². The number of carbonyl (C=O) groups is 1. The van der Waals surface area contributed by atoms with Crippen LogP contribution >= 0.6 is 0 Å². The lowest BCUT2D eigenvalue weighted by atomic mass is 10.1. The van der Waals surface area contributed by atoms with Crippen molar-refractivity contribution in [2.75, 3.05) is 11.9 Å². The molecule has 1 heterocycles. The van der Waals surface area contributed by atoms with Gasteiger partial charge in [0.15, 0.2) is 0 Å². The van der Waals surface area contributed by atoms with Crippen LogP contribution in [0.1, 0.15) is 90.9 Å². The lowest BCUT2D eigenvalue weighted by molar-refractivity contribution is -0.116. The van der Waals surface area contributed by atoms with E-state index in [9.17, 15) is 4.79 Å². The first kappa shape index (κ1) is 21.5. The molecule has 4 nitrogen and oxygen atoms in total. The van der Waals surface area contributed by atoms with Crippen LogP contribution in [-0.2, 0) is 4.79 Å². The highest BCUT2D eigenvalue weighted by Crippen LogP contribution is 2.14. The predicted molar refractivity (Wildman–Crippen MR) is 105 cm³/mol. The van der Waals surface area contributed by atoms with Crippen molar-refractivity contribution in [1.82, 2.24) is 4.98 Å². The molecule has 1 amide bonds. The molecule has 25 heavy (non-hydrogen) atoms. The van der Waals surface area contributed by atoms with Crippen LogP contribution in [-0.4, -0.2) is 17.5 Å². The van der Waals surface area contributed by atoms with E-state index < -0.39 is 0 Å². The number of ether oxygens (including phenoxy) is 1. The van der Waals surface area contributed by atoms with Gasteiger partial charge in [0.2, 0.25) is 11.8 Å². The monoisotopic (exact) mass is 348 g/mol. The van der Waals surface area contributed by atoms with Gasteiger partial charge in [0.25, 0.3) is 0 Å². The molecule has 0 aliphatic rings. The number of anilines is 1. The fourth-order valence-corrected chi connectivity index (χ4v) is 2.74. The Bertz CT molecular complexity index is 446. The number of unbranched alkanes of at least 4 members (excludes halogenated alkanes) is 9. The minimum absolute atomic E-state index is 0.0728. The van der Waals surface area contributed by atoms with Gasteiger partial charge in [-0.25, -0.2) is 4.98 Å². The summed E-state index contributed by atoms with van der Waals surface area (Å²) in [6.45, 7) is 4.98. The number of hydrogen-bond acceptors (Lipinski definition) is 3. The summed E-state index contributed by atoms with van der Waals surface area (Å²) >= 11 is 0. The maximum Gasteiger partial charge on any atom is 0.224 e. The third kappa shape index (κ3) is 11.6. The van der Waals surface area contributed by atoms with E-state index in [1.54, 1.807) is 12.3 Å². The zero-order valence-corrected chi connectivity index (χ0v) is 16.2. The molecule has 0 aliphatic carbocycles. The molecule has 0 fully saturated rings. The van der Waals surface area contributed by atoms with Gasteiger partial charge in [-0.3, -0.25) is 4.79 Å². The summed E-state index contributed by atoms with van der Waals surface area (Å²) in [7, 11) is 0. The summed E-state index contributed by atoms with van der Waals surface area (Å²) in [6.07, 6.45) is 16.0. The van der Waals surface area contributed by atoms with Crippen molar-refractivity contribution in [2.45, 2.75) is 90.9 Å². The highest BCUT2D eigenvalue weighted by molar-refractivity contribution is 5.90. The third-order valence-electron chi connectivity index (χ3n) is 4.23. The Morgan fingerprint density at radius 2 is 1.56 bits per heavy atom. The zero-order valence-electron chi connectivity index (χ0n) is 16.2. The summed E-state index contributed by atoms with van der Waals surface area (Å²) in [5.74, 6) is 0.679. The molecule has 0 aromatic carbocycles. The lowest BCUT2D eigenvalue weighted by Crippen LogP contribution is -2.11. The third-order valence-corrected chi connectivity index (χ3v) is 4.23. The summed E-state index contributed by atoms with van der Waals surface area (Å²) in [5.41, 5.74) is 0.737. The SMILES string of the molecule is CCCCCCCCCCCCC(=O)Nc1ccc(OCCC)nc1. The molecule has 0 bridgehead atoms. The van der Waals surface area contributed by atoms with Crippen LogP contribution in [0.15, 0.2) is 18.3 Å². The van der Waals surface area contributed by atoms with Crippen molar-refractivity contribution in [3.05, 3.63) is 18.3 Å². The van der Waals surface area contributed by atoms with Crippen LogP contribution in [0.4, 0.5) is 5.69 Å². The second-order valence-corrected chi connectivity index (χ2v) is 6.71. The Hall–Kier alpha value is -1.58. The maximum absolute atomic E-state index is 11.9. The van der Waals surface area contributed by atoms with Crippen molar-refractivity contribution < 1.29 is 9.53 Å². The summed E-state index contributed by atoms with van der Waals surface area (Å²) < 4.78 is 5.43. The normalized spacial score (nSPS) is 10.6. The number of nitrogens with one attached hydrogen (secondary N) is 1. The Balaban J connectivity index is 2.01. The van der Waals surface area contributed by atoms with E-state index in [0.29, 0.717) is 18.9 Å². The number of nitrogens with zero attached hydrogens (tertiary/aromatic N) is 1. The molecule has 0 aliphatic heterocycles. The summed E-state index contributed by atoms with van der Waals surface area (Å²) in [4.78, 5) is 16.1. The number of aromatic nitrogens is 1. The molecule has 1 aromatic rings. The largest absolute Gasteiger partial charge is 0.478 e. The van der Waals surface area contributed by atoms with Gasteiger partial charge in [0.1, 0.15) is 0 Å². The Kier molecular flexibility index (Phi) is 12.7. The van der Waals surface area contributed by atoms with Crippen molar-refractivity contribution >= 4 is 11.6 Å². The van der Waals surface area contributed by atoms with Gasteiger partial charge in [0.05, 0.1) is 18.5 Å². The van der Waals surface area contributed by atoms with Crippen molar-refractivity contribution in [3.63, 3.8) is 0 Å². The minimum Gasteiger partial charge on any atom is -0.478 e. The van der Waals surface area contributed by atoms with E-state index >= 15 is 0 Å². The second-order valence-electron chi connectivity index (χ2n) is 6.71. The van der Waals surface area contributed by atoms with Crippen LogP contribution in [0, 0.1) is 0 Å². The molecular formula is C21H36N2O2. The van der Waals surface area contributed by atoms with Crippen LogP contribution < -0.4 is 10.1 Å². The molecule has 142 valence electrons. The topological polar surface area (TPSA) is 51.2 Å². The van der Waals surface area contributed by atoms with E-state index in [4.69, 9.17) is 4.74 Å². The van der Waals surface area contributed by atoms with Gasteiger partial charge in [-0.05, 0) is 18.9 Å². The smallest absolute Gasteiger partial charge is 0.224 e. The molecule has 0 atom stereocenters. The lowest BCUT2D eigenvalue weighted by Gasteiger charge is -2.07. The van der Waals surface area contributed by atoms with E-state index in [-0.39, 0.29) is 5.91 Å². The van der Waals surface area contributed by atoms with Gasteiger partial charge in [-0.1, -0.05) is 71.6 Å². The Morgan fingerprint density at radius 1 is 0.920 bits per heavy atom. The molecular weight excluding hydrogens is 312 g/mol. The van der Waals surface area contributed by atoms with Crippen LogP contribution in [0.25, 0.3) is 0 Å². The Morgan fingerprint density at radius 3 is 2.12 bits per heavy atom. The van der Waals surface area contributed by atoms with Crippen molar-refractivity contribution in [3.8, 4) is 5.88 Å². The second kappa shape index (κ2) is 14.7. The average Bonchev–Trinajstić information content (AvgIpc) is 2.62. The van der Waals surface area contributed by atoms with Crippen molar-refractivity contribution in [1.29, 1.82) is 0 Å².